The van der Waals surface area contributed by atoms with E-state index in [-0.39, 0.29) is 18.0 Å². The number of aromatic nitrogens is 6. The quantitative estimate of drug-likeness (QED) is 0.499. The third-order valence-corrected chi connectivity index (χ3v) is 5.50. The molecule has 0 aliphatic heterocycles. The summed E-state index contributed by atoms with van der Waals surface area (Å²) in [5, 5.41) is 6.38. The highest BCUT2D eigenvalue weighted by Crippen LogP contribution is 2.35. The molecule has 5 rings (SSSR count). The van der Waals surface area contributed by atoms with Gasteiger partial charge in [-0.05, 0) is 43.5 Å². The lowest BCUT2D eigenvalue weighted by molar-refractivity contribution is 0.0889. The van der Waals surface area contributed by atoms with E-state index in [9.17, 15) is 4.79 Å². The van der Waals surface area contributed by atoms with Gasteiger partial charge in [0, 0.05) is 36.7 Å². The Labute approximate surface area is 179 Å². The summed E-state index contributed by atoms with van der Waals surface area (Å²) in [6.45, 7) is 2.49. The molecule has 0 radical (unpaired) electrons. The Morgan fingerprint density at radius 3 is 2.87 bits per heavy atom. The van der Waals surface area contributed by atoms with E-state index in [2.05, 4.69) is 40.1 Å². The van der Waals surface area contributed by atoms with Crippen LogP contribution in [0.1, 0.15) is 40.6 Å². The van der Waals surface area contributed by atoms with E-state index in [1.165, 1.54) is 0 Å². The van der Waals surface area contributed by atoms with E-state index in [0.29, 0.717) is 18.1 Å². The van der Waals surface area contributed by atoms with Crippen LogP contribution in [-0.2, 0) is 6.54 Å². The van der Waals surface area contributed by atoms with Crippen LogP contribution in [0.25, 0.3) is 11.2 Å². The van der Waals surface area contributed by atoms with Crippen molar-refractivity contribution in [1.29, 1.82) is 0 Å². The molecule has 0 atom stereocenters. The van der Waals surface area contributed by atoms with Crippen molar-refractivity contribution in [2.24, 2.45) is 0 Å². The number of nitrogens with one attached hydrogen (secondary N) is 2. The van der Waals surface area contributed by atoms with E-state index in [0.717, 1.165) is 35.3 Å². The van der Waals surface area contributed by atoms with E-state index in [1.54, 1.807) is 24.9 Å². The molecule has 1 saturated carbocycles. The molecule has 0 unspecified atom stereocenters. The summed E-state index contributed by atoms with van der Waals surface area (Å²) in [5.41, 5.74) is 3.88. The summed E-state index contributed by atoms with van der Waals surface area (Å²) in [5.74, 6) is 0.564. The minimum absolute atomic E-state index is 0.113. The van der Waals surface area contributed by atoms with Crippen molar-refractivity contribution < 1.29 is 4.79 Å². The number of amides is 1. The molecule has 4 aromatic heterocycles. The van der Waals surface area contributed by atoms with Crippen molar-refractivity contribution >= 4 is 22.9 Å². The molecule has 1 amide bonds. The van der Waals surface area contributed by atoms with Crippen molar-refractivity contribution in [3.8, 4) is 0 Å². The molecule has 1 fully saturated rings. The smallest absolute Gasteiger partial charge is 0.270 e. The zero-order valence-corrected chi connectivity index (χ0v) is 17.1. The number of aryl methyl sites for hydroxylation is 1. The van der Waals surface area contributed by atoms with Gasteiger partial charge in [0.15, 0.2) is 11.5 Å². The SMILES string of the molecule is Cc1cccc(C(=O)NC2CC(n3cnc4c(NCc5cccnc5)ncnc43)C2)n1. The lowest BCUT2D eigenvalue weighted by Crippen LogP contribution is -2.45. The molecule has 9 heteroatoms. The van der Waals surface area contributed by atoms with E-state index in [4.69, 9.17) is 0 Å². The second-order valence-corrected chi connectivity index (χ2v) is 7.72. The molecule has 4 aromatic rings. The molecule has 1 aliphatic carbocycles. The fourth-order valence-corrected chi connectivity index (χ4v) is 3.80. The van der Waals surface area contributed by atoms with Gasteiger partial charge in [-0.2, -0.15) is 0 Å². The molecule has 9 nitrogen and oxygen atoms in total. The zero-order chi connectivity index (χ0) is 21.2. The van der Waals surface area contributed by atoms with Crippen molar-refractivity contribution in [2.75, 3.05) is 5.32 Å². The number of imidazole rings is 1. The lowest BCUT2D eigenvalue weighted by atomic mass is 9.86. The molecule has 156 valence electrons. The van der Waals surface area contributed by atoms with Gasteiger partial charge in [-0.25, -0.2) is 19.9 Å². The van der Waals surface area contributed by atoms with Gasteiger partial charge < -0.3 is 15.2 Å². The topological polar surface area (TPSA) is 111 Å². The molecule has 2 N–H and O–H groups in total. The van der Waals surface area contributed by atoms with Gasteiger partial charge in [-0.3, -0.25) is 9.78 Å². The minimum atomic E-state index is -0.133. The van der Waals surface area contributed by atoms with Crippen LogP contribution >= 0.6 is 0 Å². The maximum absolute atomic E-state index is 12.4. The van der Waals surface area contributed by atoms with Crippen molar-refractivity contribution in [1.82, 2.24) is 34.8 Å². The van der Waals surface area contributed by atoms with Gasteiger partial charge in [0.05, 0.1) is 6.33 Å². The Morgan fingerprint density at radius 1 is 1.16 bits per heavy atom. The first-order valence-corrected chi connectivity index (χ1v) is 10.2. The van der Waals surface area contributed by atoms with Crippen molar-refractivity contribution in [2.45, 2.75) is 38.4 Å². The molecular weight excluding hydrogens is 392 g/mol. The Balaban J connectivity index is 1.24. The number of hydrogen-bond acceptors (Lipinski definition) is 7. The van der Waals surface area contributed by atoms with Crippen LogP contribution in [0.4, 0.5) is 5.82 Å². The van der Waals surface area contributed by atoms with Gasteiger partial charge in [-0.1, -0.05) is 12.1 Å². The molecule has 0 spiro atoms. The monoisotopic (exact) mass is 414 g/mol. The minimum Gasteiger partial charge on any atom is -0.364 e. The molecular formula is C22H22N8O. The molecule has 0 saturated heterocycles. The number of fused-ring (bicyclic) bond motifs is 1. The Morgan fingerprint density at radius 2 is 2.06 bits per heavy atom. The maximum Gasteiger partial charge on any atom is 0.270 e. The number of nitrogens with zero attached hydrogens (tertiary/aromatic N) is 6. The van der Waals surface area contributed by atoms with Gasteiger partial charge >= 0.3 is 0 Å². The number of pyridine rings is 2. The van der Waals surface area contributed by atoms with Crippen LogP contribution in [-0.4, -0.2) is 41.4 Å². The highest BCUT2D eigenvalue weighted by molar-refractivity contribution is 5.92. The Kier molecular flexibility index (Phi) is 4.99. The standard InChI is InChI=1S/C22H22N8O/c1-14-4-2-6-18(28-14)22(31)29-16-8-17(9-16)30-13-27-19-20(25-12-26-21(19)30)24-11-15-5-3-7-23-10-15/h2-7,10,12-13,16-17H,8-9,11H2,1H3,(H,29,31)(H,24,25,26). The predicted molar refractivity (Wildman–Crippen MR) is 115 cm³/mol. The average molecular weight is 414 g/mol. The zero-order valence-electron chi connectivity index (χ0n) is 17.1. The van der Waals surface area contributed by atoms with Crippen LogP contribution in [0, 0.1) is 6.92 Å². The molecule has 0 aromatic carbocycles. The average Bonchev–Trinajstić information content (AvgIpc) is 3.19. The summed E-state index contributed by atoms with van der Waals surface area (Å²) in [6.07, 6.45) is 8.57. The third kappa shape index (κ3) is 3.94. The van der Waals surface area contributed by atoms with Crippen LogP contribution in [0.15, 0.2) is 55.4 Å². The second-order valence-electron chi connectivity index (χ2n) is 7.72. The highest BCUT2D eigenvalue weighted by atomic mass is 16.1. The number of carbonyl (C=O) groups is 1. The molecule has 0 bridgehead atoms. The van der Waals surface area contributed by atoms with Gasteiger partial charge in [0.25, 0.3) is 5.91 Å². The summed E-state index contributed by atoms with van der Waals surface area (Å²) >= 11 is 0. The first-order valence-electron chi connectivity index (χ1n) is 10.2. The number of anilines is 1. The predicted octanol–water partition coefficient (Wildman–Crippen LogP) is 2.67. The van der Waals surface area contributed by atoms with E-state index >= 15 is 0 Å². The van der Waals surface area contributed by atoms with Crippen LogP contribution in [0.3, 0.4) is 0 Å². The van der Waals surface area contributed by atoms with Crippen molar-refractivity contribution in [3.63, 3.8) is 0 Å². The summed E-state index contributed by atoms with van der Waals surface area (Å²) < 4.78 is 2.07. The lowest BCUT2D eigenvalue weighted by Gasteiger charge is -2.36. The van der Waals surface area contributed by atoms with Crippen LogP contribution in [0.5, 0.6) is 0 Å². The highest BCUT2D eigenvalue weighted by Gasteiger charge is 2.33. The number of carbonyl (C=O) groups excluding carboxylic acids is 1. The van der Waals surface area contributed by atoms with Gasteiger partial charge in [0.1, 0.15) is 17.5 Å². The van der Waals surface area contributed by atoms with Gasteiger partial charge in [0.2, 0.25) is 0 Å². The van der Waals surface area contributed by atoms with Crippen LogP contribution in [0.2, 0.25) is 0 Å². The summed E-state index contributed by atoms with van der Waals surface area (Å²) in [6, 6.07) is 9.72. The fraction of sp³-hybridized carbons (Fsp3) is 0.273. The van der Waals surface area contributed by atoms with Crippen molar-refractivity contribution in [3.05, 3.63) is 72.3 Å². The number of hydrogen-bond donors (Lipinski definition) is 2. The van der Waals surface area contributed by atoms with E-state index in [1.807, 2.05) is 37.4 Å². The normalized spacial score (nSPS) is 17.8. The molecule has 1 aliphatic rings. The first-order chi connectivity index (χ1) is 15.2. The molecule has 4 heterocycles. The largest absolute Gasteiger partial charge is 0.364 e. The summed E-state index contributed by atoms with van der Waals surface area (Å²) in [4.78, 5) is 34.2. The fourth-order valence-electron chi connectivity index (χ4n) is 3.80. The third-order valence-electron chi connectivity index (χ3n) is 5.50. The summed E-state index contributed by atoms with van der Waals surface area (Å²) in [7, 11) is 0. The Bertz CT molecular complexity index is 1220. The van der Waals surface area contributed by atoms with Crippen LogP contribution < -0.4 is 10.6 Å². The maximum atomic E-state index is 12.4. The van der Waals surface area contributed by atoms with E-state index < -0.39 is 0 Å². The number of rotatable bonds is 6. The first kappa shape index (κ1) is 19.1. The second kappa shape index (κ2) is 8.10. The van der Waals surface area contributed by atoms with Gasteiger partial charge in [-0.15, -0.1) is 0 Å². The molecule has 31 heavy (non-hydrogen) atoms. The Hall–Kier alpha value is -3.88.